The lowest BCUT2D eigenvalue weighted by Crippen LogP contribution is -2.35. The maximum atomic E-state index is 13.3. The summed E-state index contributed by atoms with van der Waals surface area (Å²) in [7, 11) is 0. The minimum absolute atomic E-state index is 0.207. The highest BCUT2D eigenvalue weighted by Crippen LogP contribution is 2.14. The molecule has 0 saturated carbocycles. The molecule has 1 amide bonds. The molecule has 102 valence electrons. The van der Waals surface area contributed by atoms with Crippen LogP contribution < -0.4 is 0 Å². The first kappa shape index (κ1) is 15.2. The summed E-state index contributed by atoms with van der Waals surface area (Å²) >= 11 is 0. The van der Waals surface area contributed by atoms with E-state index >= 15 is 0 Å². The van der Waals surface area contributed by atoms with Gasteiger partial charge >= 0.3 is 0 Å². The number of hydrogen-bond acceptors (Lipinski definition) is 2. The van der Waals surface area contributed by atoms with Crippen LogP contribution in [0.3, 0.4) is 0 Å². The molecule has 19 heavy (non-hydrogen) atoms. The molecular weight excluding hydrogens is 243 g/mol. The van der Waals surface area contributed by atoms with E-state index in [0.29, 0.717) is 24.6 Å². The molecule has 0 N–H and O–H groups in total. The largest absolute Gasteiger partial charge is 0.337 e. The molecule has 4 heteroatoms. The van der Waals surface area contributed by atoms with Gasteiger partial charge in [-0.1, -0.05) is 19.9 Å². The van der Waals surface area contributed by atoms with Crippen LogP contribution in [0, 0.1) is 30.0 Å². The summed E-state index contributed by atoms with van der Waals surface area (Å²) in [4.78, 5) is 14.0. The Hall–Kier alpha value is -1.89. The van der Waals surface area contributed by atoms with Gasteiger partial charge in [-0.25, -0.2) is 4.39 Å². The number of aryl methyl sites for hydroxylation is 1. The van der Waals surface area contributed by atoms with Crippen molar-refractivity contribution in [1.82, 2.24) is 4.90 Å². The molecule has 0 heterocycles. The maximum absolute atomic E-state index is 13.3. The number of nitrogens with zero attached hydrogens (tertiary/aromatic N) is 2. The monoisotopic (exact) mass is 262 g/mol. The van der Waals surface area contributed by atoms with Gasteiger partial charge in [-0.05, 0) is 30.5 Å². The molecule has 0 fully saturated rings. The van der Waals surface area contributed by atoms with E-state index in [-0.39, 0.29) is 12.3 Å². The Bertz CT molecular complexity index is 491. The van der Waals surface area contributed by atoms with Gasteiger partial charge in [0.2, 0.25) is 0 Å². The van der Waals surface area contributed by atoms with Gasteiger partial charge in [-0.2, -0.15) is 5.26 Å². The Morgan fingerprint density at radius 1 is 1.47 bits per heavy atom. The lowest BCUT2D eigenvalue weighted by atomic mass is 10.1. The van der Waals surface area contributed by atoms with Crippen LogP contribution in [-0.2, 0) is 0 Å². The lowest BCUT2D eigenvalue weighted by Gasteiger charge is -2.24. The molecule has 0 spiro atoms. The normalized spacial score (nSPS) is 10.3. The van der Waals surface area contributed by atoms with E-state index in [1.807, 2.05) is 19.9 Å². The van der Waals surface area contributed by atoms with Crippen molar-refractivity contribution >= 4 is 5.91 Å². The Kier molecular flexibility index (Phi) is 5.50. The zero-order chi connectivity index (χ0) is 14.4. The first-order valence-electron chi connectivity index (χ1n) is 6.38. The predicted molar refractivity (Wildman–Crippen MR) is 72.1 cm³/mol. The molecule has 0 unspecified atom stereocenters. The van der Waals surface area contributed by atoms with Gasteiger partial charge in [0.25, 0.3) is 5.91 Å². The number of carbonyl (C=O) groups is 1. The van der Waals surface area contributed by atoms with Crippen LogP contribution in [0.15, 0.2) is 18.2 Å². The first-order chi connectivity index (χ1) is 8.95. The highest BCUT2D eigenvalue weighted by molar-refractivity contribution is 5.95. The second-order valence-corrected chi connectivity index (χ2v) is 5.01. The Morgan fingerprint density at radius 3 is 2.74 bits per heavy atom. The van der Waals surface area contributed by atoms with Gasteiger partial charge in [-0.15, -0.1) is 0 Å². The number of hydrogen-bond donors (Lipinski definition) is 0. The first-order valence-corrected chi connectivity index (χ1v) is 6.38. The van der Waals surface area contributed by atoms with Crippen molar-refractivity contribution in [3.63, 3.8) is 0 Å². The maximum Gasteiger partial charge on any atom is 0.254 e. The van der Waals surface area contributed by atoms with Crippen molar-refractivity contribution in [3.8, 4) is 6.07 Å². The van der Waals surface area contributed by atoms with Crippen LogP contribution in [0.25, 0.3) is 0 Å². The van der Waals surface area contributed by atoms with Crippen LogP contribution in [0.2, 0.25) is 0 Å². The molecule has 0 aromatic heterocycles. The average molecular weight is 262 g/mol. The molecule has 0 atom stereocenters. The summed E-state index contributed by atoms with van der Waals surface area (Å²) < 4.78 is 13.3. The number of rotatable bonds is 5. The van der Waals surface area contributed by atoms with Crippen LogP contribution in [0.1, 0.15) is 36.2 Å². The average Bonchev–Trinajstić information content (AvgIpc) is 2.36. The summed E-state index contributed by atoms with van der Waals surface area (Å²) in [5.74, 6) is -0.323. The predicted octanol–water partition coefficient (Wildman–Crippen LogP) is 3.15. The smallest absolute Gasteiger partial charge is 0.254 e. The van der Waals surface area contributed by atoms with Gasteiger partial charge in [-0.3, -0.25) is 4.79 Å². The van der Waals surface area contributed by atoms with Crippen molar-refractivity contribution in [1.29, 1.82) is 5.26 Å². The fraction of sp³-hybridized carbons (Fsp3) is 0.467. The third kappa shape index (κ3) is 4.36. The number of carbonyl (C=O) groups excluding carboxylic acids is 1. The zero-order valence-electron chi connectivity index (χ0n) is 11.6. The molecule has 1 aromatic rings. The van der Waals surface area contributed by atoms with E-state index in [2.05, 4.69) is 0 Å². The molecule has 0 saturated heterocycles. The van der Waals surface area contributed by atoms with Gasteiger partial charge < -0.3 is 4.90 Å². The van der Waals surface area contributed by atoms with Crippen molar-refractivity contribution in [3.05, 3.63) is 35.1 Å². The second kappa shape index (κ2) is 6.89. The fourth-order valence-electron chi connectivity index (χ4n) is 1.90. The molecule has 3 nitrogen and oxygen atoms in total. The Balaban J connectivity index is 2.97. The van der Waals surface area contributed by atoms with Crippen molar-refractivity contribution in [2.45, 2.75) is 27.2 Å². The van der Waals surface area contributed by atoms with E-state index in [9.17, 15) is 9.18 Å². The summed E-state index contributed by atoms with van der Waals surface area (Å²) in [6.07, 6.45) is 0.285. The molecule has 0 aliphatic rings. The van der Waals surface area contributed by atoms with E-state index in [0.717, 1.165) is 5.56 Å². The summed E-state index contributed by atoms with van der Waals surface area (Å²) in [5.41, 5.74) is 1.12. The van der Waals surface area contributed by atoms with Crippen molar-refractivity contribution < 1.29 is 9.18 Å². The van der Waals surface area contributed by atoms with E-state index in [4.69, 9.17) is 5.26 Å². The zero-order valence-corrected chi connectivity index (χ0v) is 11.6. The fourth-order valence-corrected chi connectivity index (χ4v) is 1.90. The molecule has 0 aliphatic carbocycles. The van der Waals surface area contributed by atoms with Crippen molar-refractivity contribution in [2.75, 3.05) is 13.1 Å². The van der Waals surface area contributed by atoms with Crippen LogP contribution in [0.5, 0.6) is 0 Å². The number of benzene rings is 1. The molecule has 0 radical (unpaired) electrons. The third-order valence-corrected chi connectivity index (χ3v) is 2.80. The highest BCUT2D eigenvalue weighted by Gasteiger charge is 2.18. The number of halogens is 1. The second-order valence-electron chi connectivity index (χ2n) is 5.01. The quantitative estimate of drug-likeness (QED) is 0.818. The van der Waals surface area contributed by atoms with Crippen molar-refractivity contribution in [2.24, 2.45) is 5.92 Å². The topological polar surface area (TPSA) is 44.1 Å². The van der Waals surface area contributed by atoms with Gasteiger partial charge in [0.05, 0.1) is 12.5 Å². The Labute approximate surface area is 113 Å². The Morgan fingerprint density at radius 2 is 2.16 bits per heavy atom. The molecule has 0 bridgehead atoms. The summed E-state index contributed by atoms with van der Waals surface area (Å²) in [5, 5.41) is 8.65. The molecule has 0 aliphatic heterocycles. The van der Waals surface area contributed by atoms with E-state index in [1.165, 1.54) is 12.1 Å². The third-order valence-electron chi connectivity index (χ3n) is 2.80. The standard InChI is InChI=1S/C15H19FN2O/c1-11(2)10-18(8-4-7-17)15(19)14-9-13(16)6-5-12(14)3/h5-6,9,11H,4,8,10H2,1-3H3. The number of amides is 1. The van der Waals surface area contributed by atoms with Crippen LogP contribution in [0.4, 0.5) is 4.39 Å². The summed E-state index contributed by atoms with van der Waals surface area (Å²) in [6, 6.07) is 6.24. The number of nitriles is 1. The van der Waals surface area contributed by atoms with Gasteiger partial charge in [0, 0.05) is 18.7 Å². The highest BCUT2D eigenvalue weighted by atomic mass is 19.1. The van der Waals surface area contributed by atoms with Crippen LogP contribution in [-0.4, -0.2) is 23.9 Å². The molecule has 1 aromatic carbocycles. The van der Waals surface area contributed by atoms with E-state index in [1.54, 1.807) is 17.9 Å². The van der Waals surface area contributed by atoms with E-state index < -0.39 is 5.82 Å². The minimum Gasteiger partial charge on any atom is -0.337 e. The van der Waals surface area contributed by atoms with Gasteiger partial charge in [0.1, 0.15) is 5.82 Å². The molecular formula is C15H19FN2O. The lowest BCUT2D eigenvalue weighted by molar-refractivity contribution is 0.0738. The molecule has 1 rings (SSSR count). The van der Waals surface area contributed by atoms with Crippen LogP contribution >= 0.6 is 0 Å². The summed E-state index contributed by atoms with van der Waals surface area (Å²) in [6.45, 7) is 6.74. The minimum atomic E-state index is -0.418. The SMILES string of the molecule is Cc1ccc(F)cc1C(=O)N(CCC#N)CC(C)C. The van der Waals surface area contributed by atoms with Gasteiger partial charge in [0.15, 0.2) is 0 Å².